The number of carbonyl (C=O) groups is 5. The molecule has 3 amide bonds. The van der Waals surface area contributed by atoms with Crippen molar-refractivity contribution in [2.75, 3.05) is 0 Å². The molecule has 4 atom stereocenters. The molecule has 0 bridgehead atoms. The summed E-state index contributed by atoms with van der Waals surface area (Å²) >= 11 is 0. The van der Waals surface area contributed by atoms with E-state index in [0.29, 0.717) is 11.1 Å². The second kappa shape index (κ2) is 16.0. The largest absolute Gasteiger partial charge is 0.508 e. The third kappa shape index (κ3) is 11.5. The Balaban J connectivity index is 2.26. The molecule has 4 unspecified atom stereocenters. The van der Waals surface area contributed by atoms with Crippen LogP contribution < -0.4 is 21.7 Å². The van der Waals surface area contributed by atoms with Crippen LogP contribution in [0.25, 0.3) is 0 Å². The average Bonchev–Trinajstić information content (AvgIpc) is 2.91. The highest BCUT2D eigenvalue weighted by Crippen LogP contribution is 2.14. The van der Waals surface area contributed by atoms with Gasteiger partial charge >= 0.3 is 11.9 Å². The first-order chi connectivity index (χ1) is 19.7. The van der Waals surface area contributed by atoms with Gasteiger partial charge in [-0.05, 0) is 60.6 Å². The van der Waals surface area contributed by atoms with Gasteiger partial charge < -0.3 is 42.1 Å². The van der Waals surface area contributed by atoms with E-state index in [-0.39, 0.29) is 43.1 Å². The smallest absolute Gasteiger partial charge is 0.326 e. The second-order valence-electron chi connectivity index (χ2n) is 10.4. The van der Waals surface area contributed by atoms with E-state index in [1.165, 1.54) is 36.4 Å². The Morgan fingerprint density at radius 1 is 0.690 bits per heavy atom. The zero-order valence-corrected chi connectivity index (χ0v) is 23.4. The van der Waals surface area contributed by atoms with Crippen molar-refractivity contribution in [3.05, 3.63) is 59.7 Å². The zero-order valence-electron chi connectivity index (χ0n) is 23.4. The molecule has 0 saturated heterocycles. The molecule has 0 spiro atoms. The quantitative estimate of drug-likeness (QED) is 0.137. The molecular formula is C29H38N4O9. The van der Waals surface area contributed by atoms with Crippen LogP contribution in [0.4, 0.5) is 0 Å². The summed E-state index contributed by atoms with van der Waals surface area (Å²) in [6, 6.07) is 6.93. The number of carbonyl (C=O) groups excluding carboxylic acids is 3. The molecule has 0 aliphatic rings. The highest BCUT2D eigenvalue weighted by Gasteiger charge is 2.31. The Bertz CT molecular complexity index is 1230. The molecule has 0 aliphatic carbocycles. The molecule has 0 aliphatic heterocycles. The Morgan fingerprint density at radius 2 is 1.14 bits per heavy atom. The first-order valence-corrected chi connectivity index (χ1v) is 13.4. The van der Waals surface area contributed by atoms with E-state index in [0.717, 1.165) is 0 Å². The summed E-state index contributed by atoms with van der Waals surface area (Å²) in [6.07, 6.45) is -0.690. The Labute approximate surface area is 243 Å². The number of hydrogen-bond donors (Lipinski definition) is 8. The molecule has 13 heteroatoms. The number of carboxylic acid groups (broad SMARTS) is 2. The summed E-state index contributed by atoms with van der Waals surface area (Å²) in [4.78, 5) is 62.4. The van der Waals surface area contributed by atoms with E-state index in [1.54, 1.807) is 26.0 Å². The number of rotatable bonds is 16. The van der Waals surface area contributed by atoms with Crippen molar-refractivity contribution in [1.29, 1.82) is 0 Å². The van der Waals surface area contributed by atoms with Gasteiger partial charge in [-0.1, -0.05) is 38.1 Å². The summed E-state index contributed by atoms with van der Waals surface area (Å²) in [5.41, 5.74) is 7.29. The maximum Gasteiger partial charge on any atom is 0.326 e. The van der Waals surface area contributed by atoms with Crippen LogP contribution in [0.5, 0.6) is 11.5 Å². The van der Waals surface area contributed by atoms with Gasteiger partial charge in [0.2, 0.25) is 17.7 Å². The number of phenols is 2. The van der Waals surface area contributed by atoms with Gasteiger partial charge in [0, 0.05) is 12.8 Å². The van der Waals surface area contributed by atoms with E-state index < -0.39 is 60.2 Å². The molecule has 42 heavy (non-hydrogen) atoms. The molecule has 13 nitrogen and oxygen atoms in total. The lowest BCUT2D eigenvalue weighted by molar-refractivity contribution is -0.143. The molecule has 9 N–H and O–H groups in total. The van der Waals surface area contributed by atoms with Gasteiger partial charge in [0.25, 0.3) is 0 Å². The lowest BCUT2D eigenvalue weighted by atomic mass is 10.0. The third-order valence-electron chi connectivity index (χ3n) is 6.34. The number of aliphatic carboxylic acids is 2. The average molecular weight is 587 g/mol. The topological polar surface area (TPSA) is 228 Å². The first-order valence-electron chi connectivity index (χ1n) is 13.4. The number of carboxylic acids is 2. The Hall–Kier alpha value is -4.65. The molecule has 2 aromatic rings. The summed E-state index contributed by atoms with van der Waals surface area (Å²) in [6.45, 7) is 3.55. The third-order valence-corrected chi connectivity index (χ3v) is 6.34. The highest BCUT2D eigenvalue weighted by atomic mass is 16.4. The first kappa shape index (κ1) is 33.6. The van der Waals surface area contributed by atoms with E-state index in [2.05, 4.69) is 16.0 Å². The summed E-state index contributed by atoms with van der Waals surface area (Å²) in [5, 5.41) is 45.2. The maximum atomic E-state index is 13.4. The van der Waals surface area contributed by atoms with Gasteiger partial charge in [-0.3, -0.25) is 19.2 Å². The van der Waals surface area contributed by atoms with Gasteiger partial charge in [0.05, 0.1) is 6.04 Å². The van der Waals surface area contributed by atoms with E-state index in [1.807, 2.05) is 0 Å². The monoisotopic (exact) mass is 586 g/mol. The van der Waals surface area contributed by atoms with Crippen LogP contribution in [0.3, 0.4) is 0 Å². The maximum absolute atomic E-state index is 13.4. The lowest BCUT2D eigenvalue weighted by Gasteiger charge is -2.25. The van der Waals surface area contributed by atoms with Crippen LogP contribution >= 0.6 is 0 Å². The van der Waals surface area contributed by atoms with Crippen LogP contribution in [-0.2, 0) is 36.8 Å². The van der Waals surface area contributed by atoms with E-state index in [4.69, 9.17) is 10.8 Å². The number of benzene rings is 2. The van der Waals surface area contributed by atoms with Crippen LogP contribution in [-0.4, -0.2) is 74.3 Å². The minimum absolute atomic E-state index is 0.0144. The van der Waals surface area contributed by atoms with Crippen LogP contribution in [0.15, 0.2) is 48.5 Å². The predicted octanol–water partition coefficient (Wildman–Crippen LogP) is 0.660. The molecule has 2 aromatic carbocycles. The SMILES string of the molecule is CC(C)CC(NC(=O)C(CCC(=O)O)NC(=O)C(Cc1ccc(O)cc1)NC(=O)C(N)Cc1ccc(O)cc1)C(=O)O. The summed E-state index contributed by atoms with van der Waals surface area (Å²) < 4.78 is 0. The number of nitrogens with two attached hydrogens (primary N) is 1. The predicted molar refractivity (Wildman–Crippen MR) is 151 cm³/mol. The number of amides is 3. The van der Waals surface area contributed by atoms with E-state index in [9.17, 15) is 39.3 Å². The van der Waals surface area contributed by atoms with E-state index >= 15 is 0 Å². The van der Waals surface area contributed by atoms with Gasteiger partial charge in [0.15, 0.2) is 0 Å². The number of phenolic OH excluding ortho intramolecular Hbond substituents is 2. The Morgan fingerprint density at radius 3 is 1.62 bits per heavy atom. The number of aromatic hydroxyl groups is 2. The zero-order chi connectivity index (χ0) is 31.4. The molecule has 0 aromatic heterocycles. The Kier molecular flexibility index (Phi) is 12.8. The number of hydrogen-bond acceptors (Lipinski definition) is 8. The van der Waals surface area contributed by atoms with Crippen LogP contribution in [0.2, 0.25) is 0 Å². The number of nitrogens with one attached hydrogen (secondary N) is 3. The van der Waals surface area contributed by atoms with Gasteiger partial charge in [-0.2, -0.15) is 0 Å². The summed E-state index contributed by atoms with van der Waals surface area (Å²) in [5.74, 6) is -4.94. The molecule has 0 heterocycles. The standard InChI is InChI=1S/C29H38N4O9/c1-16(2)13-24(29(41)42)33-27(39)22(11-12-25(36)37)31-28(40)23(15-18-5-9-20(35)10-6-18)32-26(38)21(30)14-17-3-7-19(34)8-4-17/h3-10,16,21-24,34-35H,11-15,30H2,1-2H3,(H,31,40)(H,32,38)(H,33,39)(H,36,37)(H,41,42). The molecule has 2 rings (SSSR count). The summed E-state index contributed by atoms with van der Waals surface area (Å²) in [7, 11) is 0. The van der Waals surface area contributed by atoms with Gasteiger partial charge in [-0.15, -0.1) is 0 Å². The van der Waals surface area contributed by atoms with Crippen molar-refractivity contribution in [1.82, 2.24) is 16.0 Å². The molecular weight excluding hydrogens is 548 g/mol. The molecule has 228 valence electrons. The highest BCUT2D eigenvalue weighted by molar-refractivity contribution is 5.94. The van der Waals surface area contributed by atoms with Crippen LogP contribution in [0, 0.1) is 5.92 Å². The fraction of sp³-hybridized carbons (Fsp3) is 0.414. The van der Waals surface area contributed by atoms with Crippen molar-refractivity contribution in [3.63, 3.8) is 0 Å². The van der Waals surface area contributed by atoms with Crippen molar-refractivity contribution < 1.29 is 44.4 Å². The lowest BCUT2D eigenvalue weighted by Crippen LogP contribution is -2.58. The second-order valence-corrected chi connectivity index (χ2v) is 10.4. The van der Waals surface area contributed by atoms with Crippen molar-refractivity contribution in [2.24, 2.45) is 11.7 Å². The normalized spacial score (nSPS) is 13.8. The van der Waals surface area contributed by atoms with Crippen molar-refractivity contribution in [3.8, 4) is 11.5 Å². The van der Waals surface area contributed by atoms with Gasteiger partial charge in [0.1, 0.15) is 29.6 Å². The van der Waals surface area contributed by atoms with Crippen molar-refractivity contribution >= 4 is 29.7 Å². The van der Waals surface area contributed by atoms with Gasteiger partial charge in [-0.25, -0.2) is 4.79 Å². The molecule has 0 radical (unpaired) electrons. The van der Waals surface area contributed by atoms with Crippen LogP contribution in [0.1, 0.15) is 44.2 Å². The minimum Gasteiger partial charge on any atom is -0.508 e. The fourth-order valence-electron chi connectivity index (χ4n) is 4.11. The van der Waals surface area contributed by atoms with Crippen molar-refractivity contribution in [2.45, 2.75) is 70.1 Å². The fourth-order valence-corrected chi connectivity index (χ4v) is 4.11. The minimum atomic E-state index is -1.41. The molecule has 0 saturated carbocycles. The molecule has 0 fully saturated rings.